The van der Waals surface area contributed by atoms with Crippen LogP contribution in [0.25, 0.3) is 5.57 Å². The second-order valence-electron chi connectivity index (χ2n) is 8.47. The maximum atomic E-state index is 14.7. The lowest BCUT2D eigenvalue weighted by Crippen LogP contribution is -2.60. The number of aryl methyl sites for hydroxylation is 1. The van der Waals surface area contributed by atoms with Gasteiger partial charge in [-0.05, 0) is 42.2 Å². The van der Waals surface area contributed by atoms with E-state index < -0.39 is 36.6 Å². The summed E-state index contributed by atoms with van der Waals surface area (Å²) in [6.45, 7) is 1.53. The van der Waals surface area contributed by atoms with Gasteiger partial charge >= 0.3 is 12.4 Å². The first-order valence-electron chi connectivity index (χ1n) is 11.1. The Balaban J connectivity index is 2.02. The predicted molar refractivity (Wildman–Crippen MR) is 125 cm³/mol. The molecule has 0 spiro atoms. The molecule has 37 heavy (non-hydrogen) atoms. The normalized spacial score (nSPS) is 19.0. The average molecular weight is 529 g/mol. The summed E-state index contributed by atoms with van der Waals surface area (Å²) in [6.07, 6.45) is -11.3. The molecule has 1 aliphatic heterocycles. The molecule has 1 amide bonds. The Kier molecular flexibility index (Phi) is 8.06. The van der Waals surface area contributed by atoms with Crippen molar-refractivity contribution in [3.8, 4) is 5.75 Å². The lowest BCUT2D eigenvalue weighted by molar-refractivity contribution is -0.201. The van der Waals surface area contributed by atoms with E-state index in [4.69, 9.17) is 16.4 Å². The molecular weight excluding hydrogens is 504 g/mol. The molecule has 0 saturated carbocycles. The molecule has 0 fully saturated rings. The van der Waals surface area contributed by atoms with Crippen LogP contribution in [0.15, 0.2) is 59.2 Å². The number of ether oxygens (including phenoxy) is 1. The van der Waals surface area contributed by atoms with Gasteiger partial charge in [-0.15, -0.1) is 0 Å². The van der Waals surface area contributed by atoms with Crippen LogP contribution >= 0.6 is 0 Å². The van der Waals surface area contributed by atoms with Crippen molar-refractivity contribution < 1.29 is 35.9 Å². The third-order valence-corrected chi connectivity index (χ3v) is 5.90. The Labute approximate surface area is 208 Å². The number of nitrogens with two attached hydrogens (primary N) is 2. The molecule has 0 radical (unpaired) electrons. The van der Waals surface area contributed by atoms with Crippen LogP contribution in [0.2, 0.25) is 0 Å². The zero-order valence-electron chi connectivity index (χ0n) is 19.6. The fraction of sp³-hybridized carbons (Fsp3) is 0.333. The molecule has 2 aromatic rings. The molecule has 1 atom stereocenters. The van der Waals surface area contributed by atoms with Gasteiger partial charge in [0.1, 0.15) is 5.75 Å². The van der Waals surface area contributed by atoms with Gasteiger partial charge in [-0.3, -0.25) is 4.79 Å². The number of alkyl halides is 6. The number of halogens is 6. The van der Waals surface area contributed by atoms with E-state index in [9.17, 15) is 31.1 Å². The lowest BCUT2D eigenvalue weighted by Gasteiger charge is -2.41. The van der Waals surface area contributed by atoms with Gasteiger partial charge in [0.15, 0.2) is 11.4 Å². The maximum absolute atomic E-state index is 14.7. The monoisotopic (exact) mass is 529 g/mol. The average Bonchev–Trinajstić information content (AvgIpc) is 2.83. The van der Waals surface area contributed by atoms with Crippen LogP contribution in [0.3, 0.4) is 0 Å². The minimum absolute atomic E-state index is 0.00991. The van der Waals surface area contributed by atoms with E-state index in [0.29, 0.717) is 5.56 Å². The number of hydrogen-bond donors (Lipinski definition) is 4. The molecule has 0 aromatic heterocycles. The molecule has 1 aliphatic rings. The zero-order valence-corrected chi connectivity index (χ0v) is 19.6. The van der Waals surface area contributed by atoms with Gasteiger partial charge in [0.25, 0.3) is 5.91 Å². The largest absolute Gasteiger partial charge is 0.494 e. The molecule has 2 aromatic carbocycles. The minimum atomic E-state index is -4.95. The van der Waals surface area contributed by atoms with Crippen LogP contribution in [0.4, 0.5) is 26.3 Å². The van der Waals surface area contributed by atoms with Gasteiger partial charge in [0, 0.05) is 12.8 Å². The number of nitrogens with one attached hydrogen (secondary N) is 2. The number of amides is 1. The van der Waals surface area contributed by atoms with E-state index in [1.165, 1.54) is 12.1 Å². The molecule has 0 unspecified atom stereocenters. The molecule has 6 N–H and O–H groups in total. The first-order chi connectivity index (χ1) is 17.3. The molecule has 7 nitrogen and oxygen atoms in total. The van der Waals surface area contributed by atoms with E-state index in [0.717, 1.165) is 17.7 Å². The number of carbonyl (C=O) groups is 1. The number of rotatable bonds is 7. The van der Waals surface area contributed by atoms with Crippen LogP contribution in [0.1, 0.15) is 36.0 Å². The van der Waals surface area contributed by atoms with Crippen molar-refractivity contribution in [1.29, 1.82) is 0 Å². The SMILES string of the molecule is Cc1ccc(C2=C(/C(=N/N)NN)C(=O)N[C@@](c3ccc(OCCCC(F)(F)F)cc3)(C(F)(F)F)C2)cc1. The number of hydrogen-bond acceptors (Lipinski definition) is 5. The van der Waals surface area contributed by atoms with Crippen LogP contribution in [0, 0.1) is 6.92 Å². The molecule has 0 aliphatic carbocycles. The van der Waals surface area contributed by atoms with Gasteiger partial charge in [0.2, 0.25) is 0 Å². The molecule has 200 valence electrons. The van der Waals surface area contributed by atoms with E-state index >= 15 is 0 Å². The van der Waals surface area contributed by atoms with Gasteiger partial charge in [-0.2, -0.15) is 31.4 Å². The van der Waals surface area contributed by atoms with Crippen molar-refractivity contribution in [3.05, 3.63) is 70.8 Å². The summed E-state index contributed by atoms with van der Waals surface area (Å²) in [5, 5.41) is 5.48. The van der Waals surface area contributed by atoms with Crippen molar-refractivity contribution in [3.63, 3.8) is 0 Å². The Hall–Kier alpha value is -3.74. The van der Waals surface area contributed by atoms with Crippen LogP contribution in [-0.2, 0) is 10.3 Å². The van der Waals surface area contributed by atoms with Crippen molar-refractivity contribution in [1.82, 2.24) is 10.7 Å². The number of amidine groups is 1. The lowest BCUT2D eigenvalue weighted by atomic mass is 9.76. The standard InChI is InChI=1S/C24H25F6N5O2/c1-14-3-5-15(6-4-14)18-13-22(24(28,29)30,33-21(36)19(18)20(34-31)35-32)16-7-9-17(10-8-16)37-12-2-11-23(25,26)27/h3-10H,2,11-13,31-32H2,1H3,(H,33,36)(H,34,35)/t22-/m0/s1. The third-order valence-electron chi connectivity index (χ3n) is 5.90. The van der Waals surface area contributed by atoms with Gasteiger partial charge in [0.05, 0.1) is 12.2 Å². The highest BCUT2D eigenvalue weighted by atomic mass is 19.4. The van der Waals surface area contributed by atoms with Crippen molar-refractivity contribution >= 4 is 17.3 Å². The van der Waals surface area contributed by atoms with Gasteiger partial charge in [-0.25, -0.2) is 5.84 Å². The molecule has 1 heterocycles. The Bertz CT molecular complexity index is 1170. The van der Waals surface area contributed by atoms with Crippen LogP contribution in [-0.4, -0.2) is 30.7 Å². The highest BCUT2D eigenvalue weighted by Crippen LogP contribution is 2.48. The predicted octanol–water partition coefficient (Wildman–Crippen LogP) is 4.18. The Morgan fingerprint density at radius 1 is 1.08 bits per heavy atom. The number of hydrazine groups is 1. The number of nitrogens with zero attached hydrogens (tertiary/aromatic N) is 1. The third kappa shape index (κ3) is 6.16. The van der Waals surface area contributed by atoms with Crippen molar-refractivity contribution in [2.24, 2.45) is 16.8 Å². The van der Waals surface area contributed by atoms with Gasteiger partial charge in [-0.1, -0.05) is 42.0 Å². The molecule has 0 saturated heterocycles. The highest BCUT2D eigenvalue weighted by molar-refractivity contribution is 6.26. The summed E-state index contributed by atoms with van der Waals surface area (Å²) >= 11 is 0. The molecule has 3 rings (SSSR count). The summed E-state index contributed by atoms with van der Waals surface area (Å²) in [7, 11) is 0. The summed E-state index contributed by atoms with van der Waals surface area (Å²) in [6, 6.07) is 11.2. The van der Waals surface area contributed by atoms with Crippen LogP contribution in [0.5, 0.6) is 5.75 Å². The topological polar surface area (TPSA) is 115 Å². The van der Waals surface area contributed by atoms with Crippen LogP contribution < -0.4 is 27.2 Å². The second-order valence-corrected chi connectivity index (χ2v) is 8.47. The van der Waals surface area contributed by atoms with E-state index in [1.54, 1.807) is 31.2 Å². The minimum Gasteiger partial charge on any atom is -0.494 e. The highest BCUT2D eigenvalue weighted by Gasteiger charge is 2.59. The summed E-state index contributed by atoms with van der Waals surface area (Å²) in [4.78, 5) is 13.1. The quantitative estimate of drug-likeness (QED) is 0.107. The fourth-order valence-electron chi connectivity index (χ4n) is 4.02. The van der Waals surface area contributed by atoms with Crippen molar-refractivity contribution in [2.75, 3.05) is 6.61 Å². The first kappa shape index (κ1) is 27.8. The maximum Gasteiger partial charge on any atom is 0.416 e. The Morgan fingerprint density at radius 2 is 1.70 bits per heavy atom. The second kappa shape index (κ2) is 10.7. The van der Waals surface area contributed by atoms with Crippen molar-refractivity contribution in [2.45, 2.75) is 44.1 Å². The van der Waals surface area contributed by atoms with Gasteiger partial charge < -0.3 is 21.3 Å². The molecular formula is C24H25F6N5O2. The first-order valence-corrected chi connectivity index (χ1v) is 11.1. The smallest absolute Gasteiger partial charge is 0.416 e. The number of carbonyl (C=O) groups excluding carboxylic acids is 1. The number of hydrazone groups is 1. The summed E-state index contributed by atoms with van der Waals surface area (Å²) < 4.78 is 86.2. The molecule has 13 heteroatoms. The van der Waals surface area contributed by atoms with E-state index in [1.807, 2.05) is 0 Å². The Morgan fingerprint density at radius 3 is 2.22 bits per heavy atom. The zero-order chi connectivity index (χ0) is 27.4. The summed E-state index contributed by atoms with van der Waals surface area (Å²) in [5.41, 5.74) is -0.0268. The molecule has 0 bridgehead atoms. The fourth-order valence-corrected chi connectivity index (χ4v) is 4.02. The number of benzene rings is 2. The van der Waals surface area contributed by atoms with E-state index in [-0.39, 0.29) is 41.3 Å². The van der Waals surface area contributed by atoms with E-state index in [2.05, 4.69) is 15.8 Å². The summed E-state index contributed by atoms with van der Waals surface area (Å²) in [5.74, 6) is 9.44.